The summed E-state index contributed by atoms with van der Waals surface area (Å²) in [5, 5.41) is 3.62. The Hall–Kier alpha value is -1.06. The van der Waals surface area contributed by atoms with E-state index >= 15 is 0 Å². The van der Waals surface area contributed by atoms with Gasteiger partial charge in [-0.15, -0.1) is 0 Å². The van der Waals surface area contributed by atoms with Crippen molar-refractivity contribution in [1.82, 2.24) is 0 Å². The van der Waals surface area contributed by atoms with Gasteiger partial charge in [-0.25, -0.2) is 0 Å². The molecule has 1 amide bonds. The van der Waals surface area contributed by atoms with Gasteiger partial charge in [0.25, 0.3) is 5.91 Å². The Morgan fingerprint density at radius 2 is 2.12 bits per heavy atom. The van der Waals surface area contributed by atoms with E-state index in [1.807, 2.05) is 25.1 Å². The van der Waals surface area contributed by atoms with Crippen molar-refractivity contribution in [3.63, 3.8) is 0 Å². The van der Waals surface area contributed by atoms with Crippen molar-refractivity contribution in [2.75, 3.05) is 25.0 Å². The van der Waals surface area contributed by atoms with Gasteiger partial charge >= 0.3 is 0 Å². The molecule has 4 heteroatoms. The molecule has 1 saturated heterocycles. The predicted molar refractivity (Wildman–Crippen MR) is 69.6 cm³/mol. The minimum absolute atomic E-state index is 0.0762. The molecule has 0 aromatic heterocycles. The van der Waals surface area contributed by atoms with E-state index in [0.717, 1.165) is 24.3 Å². The Balaban J connectivity index is 1.95. The standard InChI is InChI=1S/C13H17ClN2O/c1-10-11(14)5-4-6-12(10)15-13(17)9-16-7-2-3-8-16/h4-6H,2-3,7-9H2,1H3,(H,15,17)/p+1. The number of carbonyl (C=O) groups is 1. The first-order valence-corrected chi connectivity index (χ1v) is 6.43. The average Bonchev–Trinajstić information content (AvgIpc) is 2.77. The molecule has 1 fully saturated rings. The molecule has 1 aromatic carbocycles. The molecule has 0 radical (unpaired) electrons. The van der Waals surface area contributed by atoms with Crippen molar-refractivity contribution in [2.24, 2.45) is 0 Å². The van der Waals surface area contributed by atoms with Crippen LogP contribution in [0, 0.1) is 6.92 Å². The van der Waals surface area contributed by atoms with Gasteiger partial charge in [-0.05, 0) is 24.6 Å². The Morgan fingerprint density at radius 1 is 1.41 bits per heavy atom. The van der Waals surface area contributed by atoms with Gasteiger partial charge in [0.1, 0.15) is 0 Å². The van der Waals surface area contributed by atoms with Crippen LogP contribution in [0.15, 0.2) is 18.2 Å². The zero-order chi connectivity index (χ0) is 12.3. The SMILES string of the molecule is Cc1c(Cl)cccc1NC(=O)C[NH+]1CCCC1. The quantitative estimate of drug-likeness (QED) is 0.836. The van der Waals surface area contributed by atoms with E-state index in [-0.39, 0.29) is 5.91 Å². The maximum Gasteiger partial charge on any atom is 0.279 e. The maximum absolute atomic E-state index is 11.9. The van der Waals surface area contributed by atoms with Crippen molar-refractivity contribution in [1.29, 1.82) is 0 Å². The Kier molecular flexibility index (Phi) is 4.02. The summed E-state index contributed by atoms with van der Waals surface area (Å²) in [5.41, 5.74) is 1.75. The highest BCUT2D eigenvalue weighted by Gasteiger charge is 2.19. The van der Waals surface area contributed by atoms with Crippen molar-refractivity contribution in [3.8, 4) is 0 Å². The minimum atomic E-state index is 0.0762. The lowest BCUT2D eigenvalue weighted by Gasteiger charge is -2.13. The normalized spacial score (nSPS) is 16.1. The van der Waals surface area contributed by atoms with Gasteiger partial charge in [-0.1, -0.05) is 17.7 Å². The van der Waals surface area contributed by atoms with Crippen molar-refractivity contribution >= 4 is 23.2 Å². The average molecular weight is 254 g/mol. The predicted octanol–water partition coefficient (Wildman–Crippen LogP) is 1.27. The fourth-order valence-electron chi connectivity index (χ4n) is 2.22. The zero-order valence-corrected chi connectivity index (χ0v) is 10.8. The fraction of sp³-hybridized carbons (Fsp3) is 0.462. The molecule has 1 aliphatic heterocycles. The molecular weight excluding hydrogens is 236 g/mol. The van der Waals surface area contributed by atoms with E-state index in [2.05, 4.69) is 5.32 Å². The van der Waals surface area contributed by atoms with E-state index < -0.39 is 0 Å². The van der Waals surface area contributed by atoms with Crippen molar-refractivity contribution in [3.05, 3.63) is 28.8 Å². The van der Waals surface area contributed by atoms with E-state index in [1.54, 1.807) is 0 Å². The number of anilines is 1. The van der Waals surface area contributed by atoms with Crippen LogP contribution in [0.3, 0.4) is 0 Å². The lowest BCUT2D eigenvalue weighted by molar-refractivity contribution is -0.878. The summed E-state index contributed by atoms with van der Waals surface area (Å²) in [6, 6.07) is 5.57. The van der Waals surface area contributed by atoms with Gasteiger partial charge in [0, 0.05) is 23.6 Å². The van der Waals surface area contributed by atoms with Crippen LogP contribution in [0.4, 0.5) is 5.69 Å². The van der Waals surface area contributed by atoms with Gasteiger partial charge in [0.05, 0.1) is 13.1 Å². The van der Waals surface area contributed by atoms with Gasteiger partial charge in [0.15, 0.2) is 6.54 Å². The van der Waals surface area contributed by atoms with Crippen LogP contribution >= 0.6 is 11.6 Å². The molecule has 0 bridgehead atoms. The molecule has 0 unspecified atom stereocenters. The molecule has 0 atom stereocenters. The summed E-state index contributed by atoms with van der Waals surface area (Å²) in [4.78, 5) is 13.2. The van der Waals surface area contributed by atoms with E-state index in [1.165, 1.54) is 17.7 Å². The molecule has 2 rings (SSSR count). The van der Waals surface area contributed by atoms with Crippen LogP contribution in [0.2, 0.25) is 5.02 Å². The first-order valence-electron chi connectivity index (χ1n) is 6.05. The summed E-state index contributed by atoms with van der Waals surface area (Å²) in [7, 11) is 0. The molecule has 3 nitrogen and oxygen atoms in total. The second-order valence-electron chi connectivity index (χ2n) is 4.59. The smallest absolute Gasteiger partial charge is 0.279 e. The first-order chi connectivity index (χ1) is 8.16. The number of likely N-dealkylation sites (tertiary alicyclic amines) is 1. The van der Waals surface area contributed by atoms with Crippen LogP contribution in [0.1, 0.15) is 18.4 Å². The number of benzene rings is 1. The van der Waals surface area contributed by atoms with Crippen molar-refractivity contribution < 1.29 is 9.69 Å². The van der Waals surface area contributed by atoms with Crippen LogP contribution in [0.25, 0.3) is 0 Å². The van der Waals surface area contributed by atoms with Crippen LogP contribution in [-0.2, 0) is 4.79 Å². The second-order valence-corrected chi connectivity index (χ2v) is 5.00. The molecular formula is C13H18ClN2O+. The molecule has 0 saturated carbocycles. The molecule has 0 aliphatic carbocycles. The summed E-state index contributed by atoms with van der Waals surface area (Å²) >= 11 is 6.01. The van der Waals surface area contributed by atoms with Gasteiger partial charge < -0.3 is 10.2 Å². The third-order valence-corrected chi connectivity index (χ3v) is 3.67. The highest BCUT2D eigenvalue weighted by atomic mass is 35.5. The number of nitrogens with one attached hydrogen (secondary N) is 2. The number of carbonyl (C=O) groups excluding carboxylic acids is 1. The Bertz CT molecular complexity index is 414. The topological polar surface area (TPSA) is 33.5 Å². The molecule has 2 N–H and O–H groups in total. The number of quaternary nitrogens is 1. The van der Waals surface area contributed by atoms with E-state index in [9.17, 15) is 4.79 Å². The van der Waals surface area contributed by atoms with E-state index in [4.69, 9.17) is 11.6 Å². The Labute approximate surface area is 107 Å². The number of hydrogen-bond acceptors (Lipinski definition) is 1. The molecule has 1 aromatic rings. The van der Waals surface area contributed by atoms with Crippen molar-refractivity contribution in [2.45, 2.75) is 19.8 Å². The summed E-state index contributed by atoms with van der Waals surface area (Å²) in [6.07, 6.45) is 2.47. The third kappa shape index (κ3) is 3.20. The molecule has 0 spiro atoms. The lowest BCUT2D eigenvalue weighted by Crippen LogP contribution is -3.11. The highest BCUT2D eigenvalue weighted by Crippen LogP contribution is 2.22. The minimum Gasteiger partial charge on any atom is -0.327 e. The van der Waals surface area contributed by atoms with Crippen LogP contribution in [-0.4, -0.2) is 25.5 Å². The zero-order valence-electron chi connectivity index (χ0n) is 10.1. The monoisotopic (exact) mass is 253 g/mol. The highest BCUT2D eigenvalue weighted by molar-refractivity contribution is 6.31. The number of amides is 1. The lowest BCUT2D eigenvalue weighted by atomic mass is 10.2. The molecule has 92 valence electrons. The summed E-state index contributed by atoms with van der Waals surface area (Å²) in [6.45, 7) is 4.70. The number of hydrogen-bond donors (Lipinski definition) is 2. The second kappa shape index (κ2) is 5.52. The molecule has 1 heterocycles. The van der Waals surface area contributed by atoms with E-state index in [0.29, 0.717) is 11.6 Å². The maximum atomic E-state index is 11.9. The van der Waals surface area contributed by atoms with Crippen LogP contribution < -0.4 is 10.2 Å². The molecule has 17 heavy (non-hydrogen) atoms. The molecule has 1 aliphatic rings. The summed E-state index contributed by atoms with van der Waals surface area (Å²) in [5.74, 6) is 0.0762. The van der Waals surface area contributed by atoms with Gasteiger partial charge in [-0.3, -0.25) is 4.79 Å². The summed E-state index contributed by atoms with van der Waals surface area (Å²) < 4.78 is 0. The van der Waals surface area contributed by atoms with Gasteiger partial charge in [-0.2, -0.15) is 0 Å². The number of halogens is 1. The van der Waals surface area contributed by atoms with Gasteiger partial charge in [0.2, 0.25) is 0 Å². The van der Waals surface area contributed by atoms with Crippen LogP contribution in [0.5, 0.6) is 0 Å². The third-order valence-electron chi connectivity index (χ3n) is 3.26. The number of rotatable bonds is 3. The largest absolute Gasteiger partial charge is 0.327 e. The Morgan fingerprint density at radius 3 is 2.82 bits per heavy atom. The first kappa shape index (κ1) is 12.4. The fourth-order valence-corrected chi connectivity index (χ4v) is 2.39.